The van der Waals surface area contributed by atoms with E-state index < -0.39 is 5.54 Å². The lowest BCUT2D eigenvalue weighted by atomic mass is 9.67. The second-order valence-electron chi connectivity index (χ2n) is 8.38. The van der Waals surface area contributed by atoms with E-state index >= 15 is 0 Å². The molecule has 4 aromatic rings. The number of nitriles is 2. The van der Waals surface area contributed by atoms with Gasteiger partial charge in [0.15, 0.2) is 0 Å². The zero-order chi connectivity index (χ0) is 22.5. The van der Waals surface area contributed by atoms with Gasteiger partial charge in [-0.1, -0.05) is 0 Å². The highest BCUT2D eigenvalue weighted by atomic mass is 15.3. The van der Waals surface area contributed by atoms with Gasteiger partial charge in [-0.05, 0) is 44.0 Å². The third kappa shape index (κ3) is 2.98. The number of aromatic nitrogens is 6. The van der Waals surface area contributed by atoms with Crippen LogP contribution in [0.3, 0.4) is 0 Å². The van der Waals surface area contributed by atoms with E-state index in [1.54, 1.807) is 24.0 Å². The molecule has 1 aliphatic rings. The Hall–Kier alpha value is -4.24. The molecule has 0 amide bonds. The summed E-state index contributed by atoms with van der Waals surface area (Å²) >= 11 is 0. The van der Waals surface area contributed by atoms with Crippen molar-refractivity contribution in [3.05, 3.63) is 42.2 Å². The maximum atomic E-state index is 9.42. The van der Waals surface area contributed by atoms with Gasteiger partial charge in [-0.2, -0.15) is 20.7 Å². The highest BCUT2D eigenvalue weighted by molar-refractivity contribution is 5.93. The number of fused-ring (bicyclic) bond motifs is 1. The molecule has 0 bridgehead atoms. The van der Waals surface area contributed by atoms with Crippen LogP contribution in [0.4, 0.5) is 5.82 Å². The number of rotatable bonds is 4. The molecular formula is C23H21N9. The number of anilines is 1. The van der Waals surface area contributed by atoms with E-state index in [0.717, 1.165) is 16.6 Å². The van der Waals surface area contributed by atoms with Crippen LogP contribution in [0.25, 0.3) is 33.7 Å². The van der Waals surface area contributed by atoms with Crippen LogP contribution in [-0.4, -0.2) is 29.5 Å². The first-order valence-electron chi connectivity index (χ1n) is 10.3. The largest absolute Gasteiger partial charge is 0.384 e. The van der Waals surface area contributed by atoms with E-state index in [2.05, 4.69) is 22.2 Å². The van der Waals surface area contributed by atoms with Gasteiger partial charge in [0.05, 0.1) is 41.2 Å². The Bertz CT molecular complexity index is 1400. The van der Waals surface area contributed by atoms with Crippen LogP contribution in [0, 0.1) is 35.5 Å². The monoisotopic (exact) mass is 423 g/mol. The van der Waals surface area contributed by atoms with Crippen molar-refractivity contribution in [3.63, 3.8) is 0 Å². The molecule has 9 nitrogen and oxygen atoms in total. The molecule has 1 aliphatic carbocycles. The van der Waals surface area contributed by atoms with Crippen LogP contribution in [0.15, 0.2) is 36.5 Å². The van der Waals surface area contributed by atoms with Crippen LogP contribution >= 0.6 is 0 Å². The molecule has 158 valence electrons. The summed E-state index contributed by atoms with van der Waals surface area (Å²) in [5, 5.41) is 28.9. The number of nitrogen functional groups attached to an aromatic ring is 1. The third-order valence-electron chi connectivity index (χ3n) is 6.20. The first-order valence-corrected chi connectivity index (χ1v) is 10.3. The molecule has 0 aromatic carbocycles. The lowest BCUT2D eigenvalue weighted by Crippen LogP contribution is -2.46. The van der Waals surface area contributed by atoms with E-state index in [9.17, 15) is 10.5 Å². The topological polar surface area (TPSA) is 135 Å². The molecule has 0 spiro atoms. The van der Waals surface area contributed by atoms with Crippen molar-refractivity contribution < 1.29 is 0 Å². The second-order valence-corrected chi connectivity index (χ2v) is 8.38. The highest BCUT2D eigenvalue weighted by Crippen LogP contribution is 2.47. The van der Waals surface area contributed by atoms with Crippen molar-refractivity contribution in [3.8, 4) is 34.9 Å². The maximum absolute atomic E-state index is 9.42. The van der Waals surface area contributed by atoms with Crippen LogP contribution < -0.4 is 5.73 Å². The lowest BCUT2D eigenvalue weighted by molar-refractivity contribution is 0.0859. The first kappa shape index (κ1) is 19.7. The smallest absolute Gasteiger partial charge is 0.122 e. The normalized spacial score (nSPS) is 19.9. The van der Waals surface area contributed by atoms with Gasteiger partial charge in [-0.25, -0.2) is 4.98 Å². The van der Waals surface area contributed by atoms with Crippen molar-refractivity contribution in [1.82, 2.24) is 29.5 Å². The summed E-state index contributed by atoms with van der Waals surface area (Å²) in [4.78, 5) is 9.41. The third-order valence-corrected chi connectivity index (χ3v) is 6.20. The Kier molecular flexibility index (Phi) is 4.42. The SMILES string of the molecule is Cc1cc(-c2nc(-c3cc(N)n(C)n3)cc3ncccc23)nn1C1(CC#N)CC(C#N)C1. The minimum absolute atomic E-state index is 0.0449. The summed E-state index contributed by atoms with van der Waals surface area (Å²) in [6.07, 6.45) is 3.31. The maximum Gasteiger partial charge on any atom is 0.122 e. The molecule has 1 fully saturated rings. The van der Waals surface area contributed by atoms with Crippen molar-refractivity contribution in [2.24, 2.45) is 13.0 Å². The minimum Gasteiger partial charge on any atom is -0.384 e. The molecule has 0 radical (unpaired) electrons. The van der Waals surface area contributed by atoms with Crippen LogP contribution in [0.1, 0.15) is 25.0 Å². The summed E-state index contributed by atoms with van der Waals surface area (Å²) in [6, 6.07) is 14.1. The van der Waals surface area contributed by atoms with Gasteiger partial charge < -0.3 is 5.73 Å². The average molecular weight is 423 g/mol. The number of pyridine rings is 2. The molecule has 32 heavy (non-hydrogen) atoms. The molecule has 1 saturated carbocycles. The van der Waals surface area contributed by atoms with Crippen molar-refractivity contribution in [2.75, 3.05) is 5.73 Å². The quantitative estimate of drug-likeness (QED) is 0.532. The first-order chi connectivity index (χ1) is 15.4. The zero-order valence-corrected chi connectivity index (χ0v) is 17.8. The standard InChI is InChI=1S/C23H21N9/c1-14-8-20(30-32(14)23(5-6-24)11-15(12-23)13-25)22-16-4-3-7-27-17(16)9-18(28-22)19-10-21(26)31(2)29-19/h3-4,7-10,15H,5,11-12,26H2,1-2H3. The molecule has 0 aliphatic heterocycles. The lowest BCUT2D eigenvalue weighted by Gasteiger charge is -2.44. The fraction of sp³-hybridized carbons (Fsp3) is 0.304. The average Bonchev–Trinajstić information content (AvgIpc) is 3.32. The fourth-order valence-corrected chi connectivity index (χ4v) is 4.57. The van der Waals surface area contributed by atoms with E-state index in [1.807, 2.05) is 35.9 Å². The number of nitrogens with two attached hydrogens (primary N) is 1. The zero-order valence-electron chi connectivity index (χ0n) is 17.8. The van der Waals surface area contributed by atoms with Gasteiger partial charge >= 0.3 is 0 Å². The number of nitrogens with zero attached hydrogens (tertiary/aromatic N) is 8. The molecule has 4 aromatic heterocycles. The van der Waals surface area contributed by atoms with Crippen LogP contribution in [-0.2, 0) is 12.6 Å². The van der Waals surface area contributed by atoms with E-state index in [0.29, 0.717) is 47.9 Å². The van der Waals surface area contributed by atoms with Crippen LogP contribution in [0.2, 0.25) is 0 Å². The molecule has 5 rings (SSSR count). The van der Waals surface area contributed by atoms with Crippen molar-refractivity contribution in [1.29, 1.82) is 10.5 Å². The van der Waals surface area contributed by atoms with Gasteiger partial charge in [-0.3, -0.25) is 14.3 Å². The predicted molar refractivity (Wildman–Crippen MR) is 119 cm³/mol. The number of aryl methyl sites for hydroxylation is 2. The molecule has 0 atom stereocenters. The van der Waals surface area contributed by atoms with Gasteiger partial charge in [0.1, 0.15) is 22.9 Å². The van der Waals surface area contributed by atoms with Gasteiger partial charge in [0.2, 0.25) is 0 Å². The minimum atomic E-state index is -0.446. The van der Waals surface area contributed by atoms with Gasteiger partial charge in [-0.15, -0.1) is 0 Å². The highest BCUT2D eigenvalue weighted by Gasteiger charge is 2.47. The molecule has 0 saturated heterocycles. The van der Waals surface area contributed by atoms with Crippen LogP contribution in [0.5, 0.6) is 0 Å². The number of hydrogen-bond acceptors (Lipinski definition) is 7. The number of hydrogen-bond donors (Lipinski definition) is 1. The molecular weight excluding hydrogens is 402 g/mol. The molecule has 9 heteroatoms. The van der Waals surface area contributed by atoms with E-state index in [1.165, 1.54) is 0 Å². The molecule has 4 heterocycles. The second kappa shape index (κ2) is 7.17. The summed E-state index contributed by atoms with van der Waals surface area (Å²) in [5.74, 6) is 0.497. The van der Waals surface area contributed by atoms with Crippen molar-refractivity contribution >= 4 is 16.7 Å². The Morgan fingerprint density at radius 1 is 1.16 bits per heavy atom. The Labute approximate surface area is 184 Å². The summed E-state index contributed by atoms with van der Waals surface area (Å²) in [7, 11) is 1.78. The van der Waals surface area contributed by atoms with Crippen molar-refractivity contribution in [2.45, 2.75) is 31.7 Å². The molecule has 2 N–H and O–H groups in total. The van der Waals surface area contributed by atoms with Gasteiger partial charge in [0.25, 0.3) is 0 Å². The Morgan fingerprint density at radius 3 is 2.66 bits per heavy atom. The predicted octanol–water partition coefficient (Wildman–Crippen LogP) is 3.33. The Balaban J connectivity index is 1.66. The Morgan fingerprint density at radius 2 is 1.97 bits per heavy atom. The summed E-state index contributed by atoms with van der Waals surface area (Å²) < 4.78 is 3.51. The van der Waals surface area contributed by atoms with E-state index in [4.69, 9.17) is 15.8 Å². The molecule has 0 unspecified atom stereocenters. The fourth-order valence-electron chi connectivity index (χ4n) is 4.57. The van der Waals surface area contributed by atoms with Gasteiger partial charge in [0, 0.05) is 30.4 Å². The van der Waals surface area contributed by atoms with E-state index in [-0.39, 0.29) is 5.92 Å². The summed E-state index contributed by atoms with van der Waals surface area (Å²) in [6.45, 7) is 1.97. The summed E-state index contributed by atoms with van der Waals surface area (Å²) in [5.41, 5.74) is 9.95.